The molecule has 2 aliphatic heterocycles. The molecular formula is C23H19N3O4. The van der Waals surface area contributed by atoms with E-state index in [4.69, 9.17) is 15.2 Å². The molecule has 1 amide bonds. The maximum Gasteiger partial charge on any atom is 0.339 e. The monoisotopic (exact) mass is 401 g/mol. The van der Waals surface area contributed by atoms with Crippen LogP contribution in [0.15, 0.2) is 71.6 Å². The third-order valence-corrected chi connectivity index (χ3v) is 5.36. The quantitative estimate of drug-likeness (QED) is 0.793. The fraction of sp³-hybridized carbons (Fsp3) is 0.174. The molecule has 0 aliphatic carbocycles. The molecule has 0 unspecified atom stereocenters. The van der Waals surface area contributed by atoms with Crippen molar-refractivity contribution in [3.05, 3.63) is 82.8 Å². The summed E-state index contributed by atoms with van der Waals surface area (Å²) in [6.07, 6.45) is 0. The zero-order chi connectivity index (χ0) is 21.5. The Labute approximate surface area is 173 Å². The Morgan fingerprint density at radius 2 is 1.87 bits per heavy atom. The molecule has 2 aromatic rings. The molecule has 0 fully saturated rings. The van der Waals surface area contributed by atoms with Gasteiger partial charge in [0.25, 0.3) is 0 Å². The Bertz CT molecular complexity index is 1160. The van der Waals surface area contributed by atoms with Gasteiger partial charge in [-0.1, -0.05) is 48.5 Å². The van der Waals surface area contributed by atoms with Crippen LogP contribution in [0.5, 0.6) is 0 Å². The number of ether oxygens (including phenoxy) is 2. The van der Waals surface area contributed by atoms with Crippen molar-refractivity contribution < 1.29 is 19.1 Å². The van der Waals surface area contributed by atoms with E-state index in [-0.39, 0.29) is 29.4 Å². The van der Waals surface area contributed by atoms with E-state index in [9.17, 15) is 14.9 Å². The Morgan fingerprint density at radius 3 is 2.53 bits per heavy atom. The Kier molecular flexibility index (Phi) is 4.55. The topological polar surface area (TPSA) is 106 Å². The Hall–Kier alpha value is -4.05. The lowest BCUT2D eigenvalue weighted by molar-refractivity contribution is -0.140. The first-order valence-electron chi connectivity index (χ1n) is 9.41. The van der Waals surface area contributed by atoms with Gasteiger partial charge in [-0.15, -0.1) is 0 Å². The van der Waals surface area contributed by atoms with E-state index in [1.807, 2.05) is 12.1 Å². The number of likely N-dealkylation sites (N-methyl/N-ethyl adjacent to an activating group) is 1. The molecule has 2 aromatic carbocycles. The summed E-state index contributed by atoms with van der Waals surface area (Å²) in [4.78, 5) is 28.4. The first kappa shape index (κ1) is 19.3. The van der Waals surface area contributed by atoms with E-state index >= 15 is 0 Å². The van der Waals surface area contributed by atoms with Gasteiger partial charge in [0.15, 0.2) is 5.41 Å². The fourth-order valence-electron chi connectivity index (χ4n) is 4.12. The van der Waals surface area contributed by atoms with Gasteiger partial charge in [-0.2, -0.15) is 5.26 Å². The second kappa shape index (κ2) is 7.08. The molecule has 30 heavy (non-hydrogen) atoms. The van der Waals surface area contributed by atoms with E-state index in [1.165, 1.54) is 4.90 Å². The second-order valence-corrected chi connectivity index (χ2v) is 6.88. The lowest BCUT2D eigenvalue weighted by Gasteiger charge is -2.35. The zero-order valence-electron chi connectivity index (χ0n) is 16.5. The maximum atomic E-state index is 13.7. The van der Waals surface area contributed by atoms with Gasteiger partial charge in [-0.3, -0.25) is 4.79 Å². The van der Waals surface area contributed by atoms with Crippen LogP contribution in [0.4, 0.5) is 5.69 Å². The normalized spacial score (nSPS) is 20.2. The SMILES string of the molecule is CCOC(=O)C1=C(c2ccccc2)OC(N)=C(C#N)[C@]12C(=O)N(C)c1ccccc12. The predicted molar refractivity (Wildman–Crippen MR) is 109 cm³/mol. The van der Waals surface area contributed by atoms with Gasteiger partial charge in [0.1, 0.15) is 23.0 Å². The van der Waals surface area contributed by atoms with Crippen LogP contribution in [0.25, 0.3) is 5.76 Å². The highest BCUT2D eigenvalue weighted by atomic mass is 16.5. The van der Waals surface area contributed by atoms with Gasteiger partial charge in [-0.25, -0.2) is 4.79 Å². The molecule has 1 spiro atoms. The molecule has 2 heterocycles. The summed E-state index contributed by atoms with van der Waals surface area (Å²) in [5.41, 5.74) is 5.82. The molecule has 0 saturated heterocycles. The number of nitrogens with zero attached hydrogens (tertiary/aromatic N) is 2. The number of hydrogen-bond acceptors (Lipinski definition) is 6. The summed E-state index contributed by atoms with van der Waals surface area (Å²) < 4.78 is 11.1. The number of esters is 1. The first-order valence-corrected chi connectivity index (χ1v) is 9.41. The fourth-order valence-corrected chi connectivity index (χ4v) is 4.12. The molecule has 0 radical (unpaired) electrons. The summed E-state index contributed by atoms with van der Waals surface area (Å²) in [5, 5.41) is 9.99. The number of nitriles is 1. The van der Waals surface area contributed by atoms with Gasteiger partial charge in [0.2, 0.25) is 11.8 Å². The molecule has 2 aliphatic rings. The van der Waals surface area contributed by atoms with Gasteiger partial charge in [0, 0.05) is 23.9 Å². The summed E-state index contributed by atoms with van der Waals surface area (Å²) >= 11 is 0. The number of benzene rings is 2. The van der Waals surface area contributed by atoms with E-state index in [1.54, 1.807) is 62.5 Å². The van der Waals surface area contributed by atoms with E-state index in [0.29, 0.717) is 16.8 Å². The first-order chi connectivity index (χ1) is 14.5. The van der Waals surface area contributed by atoms with Crippen molar-refractivity contribution in [1.82, 2.24) is 0 Å². The number of fused-ring (bicyclic) bond motifs is 2. The van der Waals surface area contributed by atoms with Crippen molar-refractivity contribution >= 4 is 23.3 Å². The number of rotatable bonds is 3. The highest BCUT2D eigenvalue weighted by molar-refractivity contribution is 6.20. The zero-order valence-corrected chi connectivity index (χ0v) is 16.5. The van der Waals surface area contributed by atoms with Gasteiger partial charge in [0.05, 0.1) is 6.61 Å². The van der Waals surface area contributed by atoms with Crippen LogP contribution in [0.2, 0.25) is 0 Å². The average molecular weight is 401 g/mol. The van der Waals surface area contributed by atoms with Crippen LogP contribution in [-0.4, -0.2) is 25.5 Å². The summed E-state index contributed by atoms with van der Waals surface area (Å²) in [5.74, 6) is -1.33. The van der Waals surface area contributed by atoms with Gasteiger partial charge >= 0.3 is 5.97 Å². The molecule has 7 heteroatoms. The number of anilines is 1. The van der Waals surface area contributed by atoms with Crippen molar-refractivity contribution in [2.45, 2.75) is 12.3 Å². The van der Waals surface area contributed by atoms with Crippen LogP contribution >= 0.6 is 0 Å². The van der Waals surface area contributed by atoms with Crippen LogP contribution in [0.3, 0.4) is 0 Å². The third-order valence-electron chi connectivity index (χ3n) is 5.36. The maximum absolute atomic E-state index is 13.7. The molecule has 2 N–H and O–H groups in total. The van der Waals surface area contributed by atoms with Crippen LogP contribution in [0.1, 0.15) is 18.1 Å². The Morgan fingerprint density at radius 1 is 1.20 bits per heavy atom. The summed E-state index contributed by atoms with van der Waals surface area (Å²) in [6.45, 7) is 1.76. The van der Waals surface area contributed by atoms with Gasteiger partial charge < -0.3 is 20.1 Å². The van der Waals surface area contributed by atoms with Crippen LogP contribution < -0.4 is 10.6 Å². The third kappa shape index (κ3) is 2.44. The number of amides is 1. The summed E-state index contributed by atoms with van der Waals surface area (Å²) in [7, 11) is 1.60. The number of carbonyl (C=O) groups excluding carboxylic acids is 2. The highest BCUT2D eigenvalue weighted by Gasteiger charge is 2.62. The molecule has 0 bridgehead atoms. The van der Waals surface area contributed by atoms with Crippen LogP contribution in [-0.2, 0) is 24.5 Å². The standard InChI is InChI=1S/C23H19N3O4/c1-3-29-21(27)18-19(14-9-5-4-6-10-14)30-20(25)16(13-24)23(18)15-11-7-8-12-17(15)26(2)22(23)28/h4-12H,3,25H2,1-2H3/t23-/m0/s1. The van der Waals surface area contributed by atoms with Crippen molar-refractivity contribution in [2.75, 3.05) is 18.6 Å². The molecule has 4 rings (SSSR count). The molecule has 1 atom stereocenters. The van der Waals surface area contributed by atoms with Crippen molar-refractivity contribution in [3.63, 3.8) is 0 Å². The summed E-state index contributed by atoms with van der Waals surface area (Å²) in [6, 6.07) is 17.9. The van der Waals surface area contributed by atoms with E-state index in [0.717, 1.165) is 0 Å². The minimum Gasteiger partial charge on any atom is -0.462 e. The van der Waals surface area contributed by atoms with E-state index < -0.39 is 17.3 Å². The molecule has 0 saturated carbocycles. The number of hydrogen-bond donors (Lipinski definition) is 1. The van der Waals surface area contributed by atoms with Crippen molar-refractivity contribution in [3.8, 4) is 6.07 Å². The molecular weight excluding hydrogens is 382 g/mol. The molecule has 0 aromatic heterocycles. The largest absolute Gasteiger partial charge is 0.462 e. The smallest absolute Gasteiger partial charge is 0.339 e. The number of nitrogens with two attached hydrogens (primary N) is 1. The minimum atomic E-state index is -1.75. The van der Waals surface area contributed by atoms with Gasteiger partial charge in [-0.05, 0) is 13.0 Å². The van der Waals surface area contributed by atoms with Crippen molar-refractivity contribution in [1.29, 1.82) is 5.26 Å². The lowest BCUT2D eigenvalue weighted by Crippen LogP contribution is -2.47. The Balaban J connectivity index is 2.16. The predicted octanol–water partition coefficient (Wildman–Crippen LogP) is 2.60. The molecule has 150 valence electrons. The van der Waals surface area contributed by atoms with Crippen molar-refractivity contribution in [2.24, 2.45) is 5.73 Å². The van der Waals surface area contributed by atoms with E-state index in [2.05, 4.69) is 0 Å². The minimum absolute atomic E-state index is 0.0527. The second-order valence-electron chi connectivity index (χ2n) is 6.88. The highest BCUT2D eigenvalue weighted by Crippen LogP contribution is 2.54. The lowest BCUT2D eigenvalue weighted by atomic mass is 9.67. The van der Waals surface area contributed by atoms with Crippen LogP contribution in [0, 0.1) is 11.3 Å². The number of para-hydroxylation sites is 1. The molecule has 7 nitrogen and oxygen atoms in total. The average Bonchev–Trinajstić information content (AvgIpc) is 2.97. The number of carbonyl (C=O) groups is 2.